The molecular weight excluding hydrogens is 302 g/mol. The molecule has 6 heteroatoms. The zero-order valence-corrected chi connectivity index (χ0v) is 13.1. The highest BCUT2D eigenvalue weighted by atomic mass is 19.1. The van der Waals surface area contributed by atoms with E-state index in [4.69, 9.17) is 10.5 Å². The fourth-order valence-corrected chi connectivity index (χ4v) is 3.91. The van der Waals surface area contributed by atoms with Crippen molar-refractivity contribution in [3.05, 3.63) is 29.8 Å². The molecule has 2 saturated carbocycles. The molecule has 0 aliphatic heterocycles. The second-order valence-corrected chi connectivity index (χ2v) is 6.73. The Labute approximate surface area is 134 Å². The molecule has 2 fully saturated rings. The monoisotopic (exact) mass is 324 g/mol. The number of halogens is 2. The molecule has 0 aromatic heterocycles. The van der Waals surface area contributed by atoms with Gasteiger partial charge in [0.25, 0.3) is 0 Å². The van der Waals surface area contributed by atoms with Crippen molar-refractivity contribution < 1.29 is 18.3 Å². The molecule has 5 atom stereocenters. The van der Waals surface area contributed by atoms with Gasteiger partial charge in [-0.15, -0.1) is 0 Å². The Morgan fingerprint density at radius 1 is 1.39 bits per heavy atom. The van der Waals surface area contributed by atoms with Crippen molar-refractivity contribution in [2.24, 2.45) is 23.5 Å². The maximum absolute atomic E-state index is 13.5. The Balaban J connectivity index is 1.51. The minimum atomic E-state index is -0.751. The van der Waals surface area contributed by atoms with Crippen molar-refractivity contribution in [3.8, 4) is 5.75 Å². The third-order valence-corrected chi connectivity index (χ3v) is 5.05. The number of carbonyl (C=O) groups is 1. The number of fused-ring (bicyclic) bond motifs is 2. The average Bonchev–Trinajstić information content (AvgIpc) is 3.07. The lowest BCUT2D eigenvalue weighted by Crippen LogP contribution is -2.48. The molecule has 2 bridgehead atoms. The molecule has 2 aliphatic carbocycles. The summed E-state index contributed by atoms with van der Waals surface area (Å²) in [7, 11) is 0. The van der Waals surface area contributed by atoms with Crippen LogP contribution in [0.3, 0.4) is 0 Å². The van der Waals surface area contributed by atoms with Gasteiger partial charge >= 0.3 is 0 Å². The molecule has 3 N–H and O–H groups in total. The van der Waals surface area contributed by atoms with E-state index < -0.39 is 11.6 Å². The van der Waals surface area contributed by atoms with E-state index in [1.54, 1.807) is 6.92 Å². The van der Waals surface area contributed by atoms with Crippen molar-refractivity contribution in [1.82, 2.24) is 5.32 Å². The number of ether oxygens (including phenoxy) is 1. The Morgan fingerprint density at radius 3 is 2.78 bits per heavy atom. The summed E-state index contributed by atoms with van der Waals surface area (Å²) in [4.78, 5) is 12.4. The number of nitrogens with one attached hydrogen (secondary N) is 1. The number of hydrogen-bond acceptors (Lipinski definition) is 3. The Morgan fingerprint density at radius 2 is 2.13 bits per heavy atom. The van der Waals surface area contributed by atoms with Crippen LogP contribution in [0.1, 0.15) is 26.2 Å². The van der Waals surface area contributed by atoms with Crippen LogP contribution in [-0.2, 0) is 4.79 Å². The van der Waals surface area contributed by atoms with Crippen LogP contribution in [-0.4, -0.2) is 24.6 Å². The van der Waals surface area contributed by atoms with Gasteiger partial charge in [0.1, 0.15) is 12.4 Å². The number of amides is 1. The average molecular weight is 324 g/mol. The molecule has 4 nitrogen and oxygen atoms in total. The van der Waals surface area contributed by atoms with Crippen molar-refractivity contribution in [1.29, 1.82) is 0 Å². The van der Waals surface area contributed by atoms with E-state index in [-0.39, 0.29) is 36.3 Å². The molecule has 1 amide bonds. The molecule has 0 radical (unpaired) electrons. The van der Waals surface area contributed by atoms with E-state index in [1.165, 1.54) is 6.07 Å². The zero-order valence-electron chi connectivity index (χ0n) is 13.1. The first kappa shape index (κ1) is 16.2. The summed E-state index contributed by atoms with van der Waals surface area (Å²) in [5.41, 5.74) is 6.16. The maximum Gasteiger partial charge on any atom is 0.225 e. The molecule has 23 heavy (non-hydrogen) atoms. The van der Waals surface area contributed by atoms with E-state index in [0.717, 1.165) is 31.4 Å². The lowest BCUT2D eigenvalue weighted by Gasteiger charge is -2.28. The van der Waals surface area contributed by atoms with Gasteiger partial charge in [-0.3, -0.25) is 4.79 Å². The number of benzene rings is 1. The van der Waals surface area contributed by atoms with Gasteiger partial charge in [0.05, 0.1) is 12.0 Å². The number of hydrogen-bond donors (Lipinski definition) is 2. The Kier molecular flexibility index (Phi) is 4.53. The summed E-state index contributed by atoms with van der Waals surface area (Å²) in [5, 5.41) is 2.90. The lowest BCUT2D eigenvalue weighted by atomic mass is 9.84. The fourth-order valence-electron chi connectivity index (χ4n) is 3.91. The standard InChI is InChI=1S/C17H22F2N2O2/c1-9(8-23-14-5-4-12(18)7-13(14)19)21-17(22)15-10-2-3-11(6-10)16(15)20/h4-5,7,9-11,15-16H,2-3,6,8,20H2,1H3,(H,21,22). The van der Waals surface area contributed by atoms with Gasteiger partial charge in [-0.05, 0) is 50.2 Å². The highest BCUT2D eigenvalue weighted by Crippen LogP contribution is 2.47. The lowest BCUT2D eigenvalue weighted by molar-refractivity contribution is -0.127. The maximum atomic E-state index is 13.5. The molecular formula is C17H22F2N2O2. The predicted octanol–water partition coefficient (Wildman–Crippen LogP) is 2.22. The second-order valence-electron chi connectivity index (χ2n) is 6.73. The SMILES string of the molecule is CC(COc1ccc(F)cc1F)NC(=O)C1C2CCC(C2)C1N. The van der Waals surface area contributed by atoms with Crippen LogP contribution >= 0.6 is 0 Å². The van der Waals surface area contributed by atoms with Gasteiger partial charge < -0.3 is 15.8 Å². The van der Waals surface area contributed by atoms with E-state index >= 15 is 0 Å². The number of carbonyl (C=O) groups excluding carboxylic acids is 1. The van der Waals surface area contributed by atoms with Gasteiger partial charge in [-0.1, -0.05) is 0 Å². The van der Waals surface area contributed by atoms with Gasteiger partial charge in [0, 0.05) is 12.1 Å². The third-order valence-electron chi connectivity index (χ3n) is 5.05. The highest BCUT2D eigenvalue weighted by Gasteiger charge is 2.49. The van der Waals surface area contributed by atoms with Gasteiger partial charge in [-0.25, -0.2) is 8.78 Å². The molecule has 0 saturated heterocycles. The van der Waals surface area contributed by atoms with Gasteiger partial charge in [0.15, 0.2) is 11.6 Å². The first-order valence-electron chi connectivity index (χ1n) is 8.09. The minimum absolute atomic E-state index is 0.0240. The van der Waals surface area contributed by atoms with Crippen LogP contribution in [0.15, 0.2) is 18.2 Å². The van der Waals surface area contributed by atoms with Crippen LogP contribution in [0.25, 0.3) is 0 Å². The van der Waals surface area contributed by atoms with E-state index in [9.17, 15) is 13.6 Å². The zero-order chi connectivity index (χ0) is 16.6. The number of nitrogens with two attached hydrogens (primary N) is 1. The molecule has 1 aromatic rings. The normalized spacial score (nSPS) is 30.3. The second kappa shape index (κ2) is 6.43. The van der Waals surface area contributed by atoms with E-state index in [1.807, 2.05) is 0 Å². The van der Waals surface area contributed by atoms with Crippen LogP contribution in [0, 0.1) is 29.4 Å². The predicted molar refractivity (Wildman–Crippen MR) is 81.8 cm³/mol. The van der Waals surface area contributed by atoms with E-state index in [0.29, 0.717) is 11.8 Å². The first-order chi connectivity index (χ1) is 11.0. The first-order valence-corrected chi connectivity index (χ1v) is 8.09. The molecule has 3 rings (SSSR count). The van der Waals surface area contributed by atoms with Crippen molar-refractivity contribution >= 4 is 5.91 Å². The summed E-state index contributed by atoms with van der Waals surface area (Å²) >= 11 is 0. The Hall–Kier alpha value is -1.69. The molecule has 1 aromatic carbocycles. The van der Waals surface area contributed by atoms with Crippen LogP contribution in [0.2, 0.25) is 0 Å². The molecule has 5 unspecified atom stereocenters. The molecule has 0 spiro atoms. The van der Waals surface area contributed by atoms with Crippen molar-refractivity contribution in [2.45, 2.75) is 38.3 Å². The van der Waals surface area contributed by atoms with Gasteiger partial charge in [-0.2, -0.15) is 0 Å². The molecule has 0 heterocycles. The van der Waals surface area contributed by atoms with E-state index in [2.05, 4.69) is 5.32 Å². The highest BCUT2D eigenvalue weighted by molar-refractivity contribution is 5.80. The minimum Gasteiger partial charge on any atom is -0.488 e. The third kappa shape index (κ3) is 3.32. The largest absolute Gasteiger partial charge is 0.488 e. The summed E-state index contributed by atoms with van der Waals surface area (Å²) in [6, 6.07) is 2.81. The van der Waals surface area contributed by atoms with Crippen molar-refractivity contribution in [2.75, 3.05) is 6.61 Å². The molecule has 2 aliphatic rings. The summed E-state index contributed by atoms with van der Waals surface area (Å²) < 4.78 is 31.6. The quantitative estimate of drug-likeness (QED) is 0.873. The fraction of sp³-hybridized carbons (Fsp3) is 0.588. The smallest absolute Gasteiger partial charge is 0.225 e. The van der Waals surface area contributed by atoms with Crippen LogP contribution < -0.4 is 15.8 Å². The summed E-state index contributed by atoms with van der Waals surface area (Å²) in [5.74, 6) is -0.739. The summed E-state index contributed by atoms with van der Waals surface area (Å²) in [6.45, 7) is 1.91. The van der Waals surface area contributed by atoms with Crippen LogP contribution in [0.4, 0.5) is 8.78 Å². The molecule has 126 valence electrons. The van der Waals surface area contributed by atoms with Crippen LogP contribution in [0.5, 0.6) is 5.75 Å². The Bertz CT molecular complexity index is 594. The summed E-state index contributed by atoms with van der Waals surface area (Å²) in [6.07, 6.45) is 3.24. The topological polar surface area (TPSA) is 64.3 Å². The number of rotatable bonds is 5. The van der Waals surface area contributed by atoms with Gasteiger partial charge in [0.2, 0.25) is 5.91 Å². The van der Waals surface area contributed by atoms with Crippen molar-refractivity contribution in [3.63, 3.8) is 0 Å².